The van der Waals surface area contributed by atoms with Crippen LogP contribution in [0.1, 0.15) is 41.5 Å². The molecule has 0 aliphatic heterocycles. The van der Waals surface area contributed by atoms with Crippen molar-refractivity contribution < 1.29 is 5.11 Å². The first-order valence-electron chi connectivity index (χ1n) is 5.95. The Morgan fingerprint density at radius 3 is 1.56 bits per heavy atom. The van der Waals surface area contributed by atoms with Crippen LogP contribution in [-0.4, -0.2) is 19.3 Å². The Labute approximate surface area is 102 Å². The second kappa shape index (κ2) is 6.14. The Balaban J connectivity index is 5.37. The second-order valence-electron chi connectivity index (χ2n) is 5.24. The molecule has 0 saturated carbocycles. The molecule has 1 atom stereocenters. The van der Waals surface area contributed by atoms with Gasteiger partial charge in [-0.15, -0.1) is 12.0 Å². The fourth-order valence-electron chi connectivity index (χ4n) is 2.67. The lowest BCUT2D eigenvalue weighted by atomic mass is 10.4. The molecule has 2 heteroatoms. The third-order valence-corrected chi connectivity index (χ3v) is 9.76. The molecule has 0 spiro atoms. The zero-order valence-corrected chi connectivity index (χ0v) is 12.3. The SMILES string of the molecule is C#C[C@@H](O)C#C[Si](C(C)C)(C(C)C)C(C)C. The van der Waals surface area contributed by atoms with Gasteiger partial charge in [0.05, 0.1) is 0 Å². The van der Waals surface area contributed by atoms with E-state index in [1.165, 1.54) is 0 Å². The van der Waals surface area contributed by atoms with Crippen molar-refractivity contribution in [2.45, 2.75) is 64.3 Å². The van der Waals surface area contributed by atoms with Gasteiger partial charge in [0, 0.05) is 0 Å². The molecule has 0 fully saturated rings. The topological polar surface area (TPSA) is 20.2 Å². The third-order valence-electron chi connectivity index (χ3n) is 3.45. The molecule has 90 valence electrons. The largest absolute Gasteiger partial charge is 0.369 e. The van der Waals surface area contributed by atoms with Crippen molar-refractivity contribution in [3.63, 3.8) is 0 Å². The van der Waals surface area contributed by atoms with Crippen molar-refractivity contribution in [1.29, 1.82) is 0 Å². The van der Waals surface area contributed by atoms with Crippen LogP contribution in [0, 0.1) is 23.8 Å². The summed E-state index contributed by atoms with van der Waals surface area (Å²) in [6, 6.07) is 0. The van der Waals surface area contributed by atoms with Crippen molar-refractivity contribution in [3.05, 3.63) is 0 Å². The molecule has 0 bridgehead atoms. The number of hydrogen-bond acceptors (Lipinski definition) is 1. The van der Waals surface area contributed by atoms with Gasteiger partial charge in [0.2, 0.25) is 0 Å². The second-order valence-corrected chi connectivity index (χ2v) is 10.8. The molecule has 0 aliphatic carbocycles. The summed E-state index contributed by atoms with van der Waals surface area (Å²) in [4.78, 5) is 0. The van der Waals surface area contributed by atoms with E-state index in [4.69, 9.17) is 6.42 Å². The average Bonchev–Trinajstić information content (AvgIpc) is 2.16. The zero-order chi connectivity index (χ0) is 12.9. The predicted octanol–water partition coefficient (Wildman–Crippen LogP) is 3.20. The number of rotatable bonds is 3. The van der Waals surface area contributed by atoms with E-state index < -0.39 is 14.2 Å². The third kappa shape index (κ3) is 3.14. The quantitative estimate of drug-likeness (QED) is 0.589. The number of hydrogen-bond donors (Lipinski definition) is 1. The number of aliphatic hydroxyl groups is 1. The van der Waals surface area contributed by atoms with Gasteiger partial charge in [-0.1, -0.05) is 53.4 Å². The van der Waals surface area contributed by atoms with E-state index in [1.54, 1.807) is 0 Å². The lowest BCUT2D eigenvalue weighted by Gasteiger charge is -2.38. The van der Waals surface area contributed by atoms with Crippen molar-refractivity contribution in [2.24, 2.45) is 0 Å². The van der Waals surface area contributed by atoms with E-state index in [2.05, 4.69) is 58.9 Å². The van der Waals surface area contributed by atoms with E-state index >= 15 is 0 Å². The molecular weight excluding hydrogens is 212 g/mol. The van der Waals surface area contributed by atoms with Gasteiger partial charge in [0.1, 0.15) is 8.07 Å². The number of terminal acetylenes is 1. The minimum Gasteiger partial charge on any atom is -0.369 e. The zero-order valence-electron chi connectivity index (χ0n) is 11.3. The van der Waals surface area contributed by atoms with Crippen LogP contribution in [0.3, 0.4) is 0 Å². The summed E-state index contributed by atoms with van der Waals surface area (Å²) in [5.41, 5.74) is 5.10. The van der Waals surface area contributed by atoms with E-state index in [1.807, 2.05) is 0 Å². The van der Waals surface area contributed by atoms with Gasteiger partial charge >= 0.3 is 0 Å². The average molecular weight is 236 g/mol. The Kier molecular flexibility index (Phi) is 5.87. The van der Waals surface area contributed by atoms with E-state index in [9.17, 15) is 5.11 Å². The van der Waals surface area contributed by atoms with Crippen LogP contribution in [0.15, 0.2) is 0 Å². The molecule has 0 saturated heterocycles. The van der Waals surface area contributed by atoms with Crippen molar-refractivity contribution in [1.82, 2.24) is 0 Å². The summed E-state index contributed by atoms with van der Waals surface area (Å²) in [5, 5.41) is 9.38. The Morgan fingerprint density at radius 2 is 1.31 bits per heavy atom. The molecule has 1 N–H and O–H groups in total. The monoisotopic (exact) mass is 236 g/mol. The highest BCUT2D eigenvalue weighted by Crippen LogP contribution is 2.40. The summed E-state index contributed by atoms with van der Waals surface area (Å²) < 4.78 is 0. The first-order valence-corrected chi connectivity index (χ1v) is 8.19. The van der Waals surface area contributed by atoms with Gasteiger partial charge in [-0.25, -0.2) is 0 Å². The maximum Gasteiger partial charge on any atom is 0.175 e. The maximum absolute atomic E-state index is 9.38. The molecule has 0 amide bonds. The van der Waals surface area contributed by atoms with E-state index in [0.29, 0.717) is 16.6 Å². The summed E-state index contributed by atoms with van der Waals surface area (Å²) in [7, 11) is -1.72. The van der Waals surface area contributed by atoms with Crippen LogP contribution in [0.5, 0.6) is 0 Å². The molecule has 0 aromatic heterocycles. The first kappa shape index (κ1) is 15.3. The Bertz CT molecular complexity index is 290. The predicted molar refractivity (Wildman–Crippen MR) is 73.7 cm³/mol. The molecule has 1 nitrogen and oxygen atoms in total. The Morgan fingerprint density at radius 1 is 0.938 bits per heavy atom. The van der Waals surface area contributed by atoms with E-state index in [-0.39, 0.29) is 0 Å². The molecule has 0 aromatic carbocycles. The molecular formula is C14H24OSi. The lowest BCUT2D eigenvalue weighted by molar-refractivity contribution is 0.290. The van der Waals surface area contributed by atoms with Crippen LogP contribution in [0.25, 0.3) is 0 Å². The summed E-state index contributed by atoms with van der Waals surface area (Å²) in [6.07, 6.45) is 4.23. The molecule has 0 aliphatic rings. The molecule has 0 unspecified atom stereocenters. The van der Waals surface area contributed by atoms with Crippen LogP contribution in [-0.2, 0) is 0 Å². The molecule has 0 rings (SSSR count). The number of aliphatic hydroxyl groups excluding tert-OH is 1. The highest BCUT2D eigenvalue weighted by molar-refractivity contribution is 6.90. The summed E-state index contributed by atoms with van der Waals surface area (Å²) >= 11 is 0. The van der Waals surface area contributed by atoms with E-state index in [0.717, 1.165) is 0 Å². The smallest absolute Gasteiger partial charge is 0.175 e. The van der Waals surface area contributed by atoms with Crippen molar-refractivity contribution >= 4 is 8.07 Å². The molecule has 0 aromatic rings. The maximum atomic E-state index is 9.38. The van der Waals surface area contributed by atoms with Gasteiger partial charge in [-0.3, -0.25) is 0 Å². The minimum atomic E-state index is -1.72. The van der Waals surface area contributed by atoms with Crippen molar-refractivity contribution in [2.75, 3.05) is 0 Å². The molecule has 16 heavy (non-hydrogen) atoms. The van der Waals surface area contributed by atoms with Crippen LogP contribution >= 0.6 is 0 Å². The van der Waals surface area contributed by atoms with Gasteiger partial charge in [-0.05, 0) is 16.6 Å². The minimum absolute atomic E-state index is 0.574. The first-order chi connectivity index (χ1) is 7.28. The highest BCUT2D eigenvalue weighted by atomic mass is 28.3. The van der Waals surface area contributed by atoms with Crippen LogP contribution < -0.4 is 0 Å². The fourth-order valence-corrected chi connectivity index (χ4v) is 7.92. The van der Waals surface area contributed by atoms with Gasteiger partial charge in [0.15, 0.2) is 6.10 Å². The van der Waals surface area contributed by atoms with Crippen LogP contribution in [0.2, 0.25) is 16.6 Å². The van der Waals surface area contributed by atoms with Crippen LogP contribution in [0.4, 0.5) is 0 Å². The molecule has 0 radical (unpaired) electrons. The summed E-state index contributed by atoms with van der Waals surface area (Å²) in [6.45, 7) is 13.4. The van der Waals surface area contributed by atoms with Crippen molar-refractivity contribution in [3.8, 4) is 23.8 Å². The van der Waals surface area contributed by atoms with Gasteiger partial charge < -0.3 is 5.11 Å². The summed E-state index contributed by atoms with van der Waals surface area (Å²) in [5.74, 6) is 5.11. The standard InChI is InChI=1S/C14H24OSi/c1-8-14(15)9-10-16(11(2)3,12(4)5)13(6)7/h1,11-15H,2-7H3/t14-/m1/s1. The lowest BCUT2D eigenvalue weighted by Crippen LogP contribution is -2.43. The normalized spacial score (nSPS) is 13.6. The van der Waals surface area contributed by atoms with Gasteiger partial charge in [0.25, 0.3) is 0 Å². The van der Waals surface area contributed by atoms with Gasteiger partial charge in [-0.2, -0.15) is 0 Å². The molecule has 0 heterocycles. The fraction of sp³-hybridized carbons (Fsp3) is 0.714. The highest BCUT2D eigenvalue weighted by Gasteiger charge is 2.41. The Hall–Kier alpha value is -0.703.